The summed E-state index contributed by atoms with van der Waals surface area (Å²) in [6, 6.07) is 10.7. The quantitative estimate of drug-likeness (QED) is 0.867. The van der Waals surface area contributed by atoms with Crippen LogP contribution in [0.25, 0.3) is 0 Å². The number of carbonyl (C=O) groups is 1. The van der Waals surface area contributed by atoms with Crippen LogP contribution in [0.1, 0.15) is 30.0 Å². The monoisotopic (exact) mass is 353 g/mol. The van der Waals surface area contributed by atoms with E-state index in [2.05, 4.69) is 50.5 Å². The third kappa shape index (κ3) is 5.26. The number of carbonyl (C=O) groups excluding carboxylic acids is 1. The SMILES string of the molecule is CN(Cc1cnccn1)C(=O)NCCN1CCC[C@H](c2ccccc2)C1. The first-order valence-electron chi connectivity index (χ1n) is 9.23. The molecule has 2 amide bonds. The largest absolute Gasteiger partial charge is 0.337 e. The summed E-state index contributed by atoms with van der Waals surface area (Å²) < 4.78 is 0. The van der Waals surface area contributed by atoms with E-state index in [0.29, 0.717) is 19.0 Å². The summed E-state index contributed by atoms with van der Waals surface area (Å²) in [7, 11) is 1.77. The number of hydrogen-bond donors (Lipinski definition) is 1. The Morgan fingerprint density at radius 3 is 2.92 bits per heavy atom. The Balaban J connectivity index is 1.40. The van der Waals surface area contributed by atoms with Gasteiger partial charge in [-0.15, -0.1) is 0 Å². The number of nitrogens with zero attached hydrogens (tertiary/aromatic N) is 4. The molecule has 1 aromatic heterocycles. The van der Waals surface area contributed by atoms with E-state index in [1.54, 1.807) is 30.5 Å². The second kappa shape index (κ2) is 9.29. The van der Waals surface area contributed by atoms with Crippen LogP contribution in [0.15, 0.2) is 48.9 Å². The van der Waals surface area contributed by atoms with Crippen molar-refractivity contribution in [3.63, 3.8) is 0 Å². The molecule has 26 heavy (non-hydrogen) atoms. The summed E-state index contributed by atoms with van der Waals surface area (Å²) in [6.45, 7) is 4.17. The molecule has 0 aliphatic carbocycles. The van der Waals surface area contributed by atoms with Gasteiger partial charge in [0.25, 0.3) is 0 Å². The summed E-state index contributed by atoms with van der Waals surface area (Å²) in [5.41, 5.74) is 2.21. The lowest BCUT2D eigenvalue weighted by Crippen LogP contribution is -2.43. The van der Waals surface area contributed by atoms with Gasteiger partial charge in [-0.3, -0.25) is 9.97 Å². The van der Waals surface area contributed by atoms with Crippen molar-refractivity contribution in [2.45, 2.75) is 25.3 Å². The number of benzene rings is 1. The highest BCUT2D eigenvalue weighted by molar-refractivity contribution is 5.73. The van der Waals surface area contributed by atoms with Gasteiger partial charge < -0.3 is 15.1 Å². The Labute approximate surface area is 155 Å². The third-order valence-corrected chi connectivity index (χ3v) is 4.84. The van der Waals surface area contributed by atoms with Gasteiger partial charge in [-0.1, -0.05) is 30.3 Å². The van der Waals surface area contributed by atoms with E-state index in [1.807, 2.05) is 0 Å². The molecule has 3 rings (SSSR count). The van der Waals surface area contributed by atoms with E-state index >= 15 is 0 Å². The molecule has 1 saturated heterocycles. The van der Waals surface area contributed by atoms with Gasteiger partial charge in [0.1, 0.15) is 0 Å². The zero-order valence-corrected chi connectivity index (χ0v) is 15.3. The van der Waals surface area contributed by atoms with Crippen LogP contribution < -0.4 is 5.32 Å². The van der Waals surface area contributed by atoms with Gasteiger partial charge in [0, 0.05) is 39.1 Å². The molecule has 0 radical (unpaired) electrons. The van der Waals surface area contributed by atoms with E-state index in [9.17, 15) is 4.79 Å². The lowest BCUT2D eigenvalue weighted by molar-refractivity contribution is 0.192. The first-order valence-corrected chi connectivity index (χ1v) is 9.23. The molecule has 0 unspecified atom stereocenters. The smallest absolute Gasteiger partial charge is 0.317 e. The molecule has 0 spiro atoms. The fourth-order valence-electron chi connectivity index (χ4n) is 3.44. The Morgan fingerprint density at radius 1 is 1.31 bits per heavy atom. The maximum Gasteiger partial charge on any atom is 0.317 e. The molecule has 0 bridgehead atoms. The second-order valence-corrected chi connectivity index (χ2v) is 6.84. The van der Waals surface area contributed by atoms with Crippen molar-refractivity contribution in [2.24, 2.45) is 0 Å². The summed E-state index contributed by atoms with van der Waals surface area (Å²) in [5.74, 6) is 0.597. The molecule has 1 aromatic carbocycles. The highest BCUT2D eigenvalue weighted by atomic mass is 16.2. The first kappa shape index (κ1) is 18.3. The summed E-state index contributed by atoms with van der Waals surface area (Å²) in [4.78, 5) is 24.5. The topological polar surface area (TPSA) is 61.4 Å². The van der Waals surface area contributed by atoms with E-state index in [1.165, 1.54) is 18.4 Å². The molecular formula is C20H27N5O. The van der Waals surface area contributed by atoms with Gasteiger partial charge in [-0.2, -0.15) is 0 Å². The first-order chi connectivity index (χ1) is 12.7. The van der Waals surface area contributed by atoms with E-state index < -0.39 is 0 Å². The second-order valence-electron chi connectivity index (χ2n) is 6.84. The minimum Gasteiger partial charge on any atom is -0.337 e. The zero-order chi connectivity index (χ0) is 18.2. The van der Waals surface area contributed by atoms with Crippen LogP contribution in [0.5, 0.6) is 0 Å². The Hall–Kier alpha value is -2.47. The molecule has 1 fully saturated rings. The van der Waals surface area contributed by atoms with Crippen LogP contribution in [-0.2, 0) is 6.54 Å². The zero-order valence-electron chi connectivity index (χ0n) is 15.3. The number of aromatic nitrogens is 2. The summed E-state index contributed by atoms with van der Waals surface area (Å²) in [6.07, 6.45) is 7.40. The Kier molecular flexibility index (Phi) is 6.55. The van der Waals surface area contributed by atoms with Crippen molar-refractivity contribution >= 4 is 6.03 Å². The van der Waals surface area contributed by atoms with Crippen LogP contribution >= 0.6 is 0 Å². The summed E-state index contributed by atoms with van der Waals surface area (Å²) >= 11 is 0. The average molecular weight is 353 g/mol. The number of hydrogen-bond acceptors (Lipinski definition) is 4. The maximum absolute atomic E-state index is 12.2. The predicted octanol–water partition coefficient (Wildman–Crippen LogP) is 2.50. The van der Waals surface area contributed by atoms with E-state index in [-0.39, 0.29) is 6.03 Å². The van der Waals surface area contributed by atoms with Crippen molar-refractivity contribution in [1.29, 1.82) is 0 Å². The number of rotatable bonds is 6. The number of likely N-dealkylation sites (tertiary alicyclic amines) is 1. The van der Waals surface area contributed by atoms with Gasteiger partial charge in [0.15, 0.2) is 0 Å². The fourth-order valence-corrected chi connectivity index (χ4v) is 3.44. The van der Waals surface area contributed by atoms with Crippen molar-refractivity contribution < 1.29 is 4.79 Å². The number of piperidine rings is 1. The van der Waals surface area contributed by atoms with Crippen LogP contribution in [0, 0.1) is 0 Å². The molecule has 0 saturated carbocycles. The van der Waals surface area contributed by atoms with Crippen molar-refractivity contribution in [2.75, 3.05) is 33.2 Å². The molecule has 1 atom stereocenters. The molecule has 6 nitrogen and oxygen atoms in total. The molecule has 2 heterocycles. The van der Waals surface area contributed by atoms with E-state index in [4.69, 9.17) is 0 Å². The molecule has 1 aliphatic heterocycles. The third-order valence-electron chi connectivity index (χ3n) is 4.84. The molecule has 6 heteroatoms. The number of nitrogens with one attached hydrogen (secondary N) is 1. The molecule has 1 N–H and O–H groups in total. The Morgan fingerprint density at radius 2 is 2.15 bits per heavy atom. The highest BCUT2D eigenvalue weighted by Gasteiger charge is 2.21. The lowest BCUT2D eigenvalue weighted by atomic mass is 9.91. The normalized spacial score (nSPS) is 17.7. The average Bonchev–Trinajstić information content (AvgIpc) is 2.69. The Bertz CT molecular complexity index is 679. The van der Waals surface area contributed by atoms with Crippen LogP contribution in [0.4, 0.5) is 4.79 Å². The number of urea groups is 1. The van der Waals surface area contributed by atoms with E-state index in [0.717, 1.165) is 25.3 Å². The minimum atomic E-state index is -0.0766. The molecule has 1 aliphatic rings. The van der Waals surface area contributed by atoms with Crippen LogP contribution in [0.2, 0.25) is 0 Å². The highest BCUT2D eigenvalue weighted by Crippen LogP contribution is 2.26. The van der Waals surface area contributed by atoms with Crippen molar-refractivity contribution in [3.8, 4) is 0 Å². The van der Waals surface area contributed by atoms with Gasteiger partial charge in [0.2, 0.25) is 0 Å². The van der Waals surface area contributed by atoms with Gasteiger partial charge in [0.05, 0.1) is 18.4 Å². The van der Waals surface area contributed by atoms with Crippen LogP contribution in [-0.4, -0.2) is 59.0 Å². The van der Waals surface area contributed by atoms with Crippen LogP contribution in [0.3, 0.4) is 0 Å². The molecular weight excluding hydrogens is 326 g/mol. The minimum absolute atomic E-state index is 0.0766. The lowest BCUT2D eigenvalue weighted by Gasteiger charge is -2.33. The van der Waals surface area contributed by atoms with Gasteiger partial charge >= 0.3 is 6.03 Å². The maximum atomic E-state index is 12.2. The predicted molar refractivity (Wildman–Crippen MR) is 102 cm³/mol. The van der Waals surface area contributed by atoms with Gasteiger partial charge in [-0.25, -0.2) is 4.79 Å². The molecule has 138 valence electrons. The van der Waals surface area contributed by atoms with Crippen molar-refractivity contribution in [3.05, 3.63) is 60.2 Å². The van der Waals surface area contributed by atoms with Crippen molar-refractivity contribution in [1.82, 2.24) is 25.1 Å². The van der Waals surface area contributed by atoms with Gasteiger partial charge in [-0.05, 0) is 30.9 Å². The standard InChI is InChI=1S/C20H27N5O/c1-24(16-19-14-21-9-10-22-19)20(26)23-11-13-25-12-5-8-18(15-25)17-6-3-2-4-7-17/h2-4,6-7,9-10,14,18H,5,8,11-13,15-16H2,1H3,(H,23,26)/t18-/m0/s1. The molecule has 2 aromatic rings. The fraction of sp³-hybridized carbons (Fsp3) is 0.450. The number of amides is 2. The summed E-state index contributed by atoms with van der Waals surface area (Å²) in [5, 5.41) is 3.00.